The van der Waals surface area contributed by atoms with Crippen LogP contribution in [0, 0.1) is 20.8 Å². The molecular formula is C44H60N4O5. The van der Waals surface area contributed by atoms with Gasteiger partial charge in [0.2, 0.25) is 0 Å². The predicted molar refractivity (Wildman–Crippen MR) is 214 cm³/mol. The SMILES string of the molecule is CCCCCCCCCCCCOCc1c(C)c2cc3nc(c(C)c4[nH]c(cc5nc(cc1[nH]2)C(C)=C5CC)c(C)c4C(=O)O)[C@@H](CCOC=O)[C@@H]3C. The summed E-state index contributed by atoms with van der Waals surface area (Å²) in [6.07, 6.45) is 14.3. The largest absolute Gasteiger partial charge is 0.478 e. The number of aromatic carboxylic acids is 1. The lowest BCUT2D eigenvalue weighted by Gasteiger charge is -2.16. The number of fused-ring (bicyclic) bond motifs is 8. The maximum absolute atomic E-state index is 12.7. The van der Waals surface area contributed by atoms with Gasteiger partial charge in [0.05, 0.1) is 35.7 Å². The second-order valence-corrected chi connectivity index (χ2v) is 15.0. The molecule has 53 heavy (non-hydrogen) atoms. The molecule has 0 aromatic carbocycles. The van der Waals surface area contributed by atoms with Crippen LogP contribution >= 0.6 is 0 Å². The van der Waals surface area contributed by atoms with E-state index in [1.165, 1.54) is 57.8 Å². The van der Waals surface area contributed by atoms with Crippen molar-refractivity contribution in [2.24, 2.45) is 0 Å². The Morgan fingerprint density at radius 2 is 1.47 bits per heavy atom. The van der Waals surface area contributed by atoms with Gasteiger partial charge in [0, 0.05) is 51.9 Å². The molecule has 5 heterocycles. The van der Waals surface area contributed by atoms with Gasteiger partial charge in [-0.15, -0.1) is 0 Å². The molecule has 0 aliphatic carbocycles. The Bertz CT molecular complexity index is 1970. The van der Waals surface area contributed by atoms with Gasteiger partial charge in [-0.2, -0.15) is 0 Å². The second kappa shape index (κ2) is 18.7. The highest BCUT2D eigenvalue weighted by Gasteiger charge is 2.31. The summed E-state index contributed by atoms with van der Waals surface area (Å²) >= 11 is 0. The first kappa shape index (κ1) is 40.0. The number of rotatable bonds is 19. The number of unbranched alkanes of at least 4 members (excludes halogenated alkanes) is 9. The standard InChI is InChI=1S/C44H60N4O5/c1-8-10-11-12-13-14-15-16-17-18-20-52-25-34-29(5)35-22-37-28(4)33(19-21-53-26-49)42(47-37)31(7)43-41(44(50)51)30(6)38(48-43)24-39-32(9-2)27(3)36(45-39)23-40(34)46-35/h22-24,26,28,33,46,48H,8-21,25H2,1-7H3,(H,50,51)/t28-,33-/m0/s1. The van der Waals surface area contributed by atoms with E-state index in [0.717, 1.165) is 81.1 Å². The van der Waals surface area contributed by atoms with Crippen LogP contribution in [0.1, 0.15) is 172 Å². The Labute approximate surface area is 315 Å². The Kier molecular flexibility index (Phi) is 14.1. The molecule has 0 amide bonds. The Hall–Kier alpha value is -4.24. The van der Waals surface area contributed by atoms with Crippen molar-refractivity contribution in [3.63, 3.8) is 0 Å². The number of ether oxygens (including phenoxy) is 2. The molecule has 8 bridgehead atoms. The number of aromatic nitrogens is 4. The first-order valence-electron chi connectivity index (χ1n) is 19.9. The zero-order chi connectivity index (χ0) is 38.1. The third-order valence-electron chi connectivity index (χ3n) is 11.5. The fourth-order valence-electron chi connectivity index (χ4n) is 8.11. The van der Waals surface area contributed by atoms with E-state index in [-0.39, 0.29) is 24.0 Å². The minimum Gasteiger partial charge on any atom is -0.478 e. The Morgan fingerprint density at radius 3 is 2.13 bits per heavy atom. The number of aromatic amines is 2. The molecule has 2 aliphatic rings. The lowest BCUT2D eigenvalue weighted by atomic mass is 9.87. The molecule has 3 aromatic rings. The molecule has 0 saturated heterocycles. The van der Waals surface area contributed by atoms with Crippen molar-refractivity contribution in [1.82, 2.24) is 19.9 Å². The summed E-state index contributed by atoms with van der Waals surface area (Å²) in [5, 5.41) is 10.4. The normalized spacial score (nSPS) is 15.7. The van der Waals surface area contributed by atoms with Crippen LogP contribution in [0.4, 0.5) is 0 Å². The first-order chi connectivity index (χ1) is 25.6. The third-order valence-corrected chi connectivity index (χ3v) is 11.5. The summed E-state index contributed by atoms with van der Waals surface area (Å²) in [5.74, 6) is -1.07. The van der Waals surface area contributed by atoms with E-state index in [9.17, 15) is 14.7 Å². The van der Waals surface area contributed by atoms with Crippen molar-refractivity contribution in [3.05, 3.63) is 68.8 Å². The molecule has 3 N–H and O–H groups in total. The summed E-state index contributed by atoms with van der Waals surface area (Å²) in [4.78, 5) is 41.3. The Morgan fingerprint density at radius 1 is 0.811 bits per heavy atom. The van der Waals surface area contributed by atoms with Crippen LogP contribution in [0.15, 0.2) is 18.2 Å². The van der Waals surface area contributed by atoms with Gasteiger partial charge >= 0.3 is 5.97 Å². The molecular weight excluding hydrogens is 665 g/mol. The molecule has 286 valence electrons. The topological polar surface area (TPSA) is 130 Å². The summed E-state index contributed by atoms with van der Waals surface area (Å²) in [6, 6.07) is 6.23. The van der Waals surface area contributed by atoms with Crippen molar-refractivity contribution < 1.29 is 24.2 Å². The number of allylic oxidation sites excluding steroid dienone is 2. The highest BCUT2D eigenvalue weighted by Crippen LogP contribution is 2.42. The van der Waals surface area contributed by atoms with Crippen LogP contribution < -0.4 is 0 Å². The number of carboxylic acid groups (broad SMARTS) is 1. The van der Waals surface area contributed by atoms with Gasteiger partial charge in [-0.3, -0.25) is 9.78 Å². The molecule has 0 radical (unpaired) electrons. The number of nitrogens with zero attached hydrogens (tertiary/aromatic N) is 2. The van der Waals surface area contributed by atoms with Crippen molar-refractivity contribution in [2.45, 2.75) is 144 Å². The minimum absolute atomic E-state index is 0.000610. The molecule has 0 fully saturated rings. The highest BCUT2D eigenvalue weighted by atomic mass is 16.5. The van der Waals surface area contributed by atoms with E-state index >= 15 is 0 Å². The minimum atomic E-state index is -0.998. The molecule has 3 aromatic heterocycles. The highest BCUT2D eigenvalue weighted by molar-refractivity contribution is 6.02. The fourth-order valence-corrected chi connectivity index (χ4v) is 8.11. The lowest BCUT2D eigenvalue weighted by molar-refractivity contribution is -0.128. The van der Waals surface area contributed by atoms with Crippen LogP contribution in [-0.4, -0.2) is 50.7 Å². The van der Waals surface area contributed by atoms with Gasteiger partial charge < -0.3 is 24.5 Å². The van der Waals surface area contributed by atoms with Crippen LogP contribution in [0.2, 0.25) is 0 Å². The van der Waals surface area contributed by atoms with E-state index in [4.69, 9.17) is 19.4 Å². The molecule has 9 heteroatoms. The third kappa shape index (κ3) is 9.11. The van der Waals surface area contributed by atoms with E-state index in [1.807, 2.05) is 19.9 Å². The van der Waals surface area contributed by atoms with Gasteiger partial charge in [0.15, 0.2) is 0 Å². The molecule has 9 nitrogen and oxygen atoms in total. The van der Waals surface area contributed by atoms with E-state index in [1.54, 1.807) is 0 Å². The molecule has 0 spiro atoms. The van der Waals surface area contributed by atoms with Crippen LogP contribution in [0.25, 0.3) is 33.2 Å². The van der Waals surface area contributed by atoms with E-state index in [0.29, 0.717) is 36.1 Å². The number of carbonyl (C=O) groups excluding carboxylic acids is 1. The van der Waals surface area contributed by atoms with Gasteiger partial charge in [-0.1, -0.05) is 78.6 Å². The fraction of sp³-hybridized carbons (Fsp3) is 0.545. The average Bonchev–Trinajstić information content (AvgIpc) is 3.82. The number of H-pyrrole nitrogens is 2. The number of aryl methyl sites for hydroxylation is 3. The summed E-state index contributed by atoms with van der Waals surface area (Å²) < 4.78 is 11.5. The quantitative estimate of drug-likeness (QED) is 0.0828. The van der Waals surface area contributed by atoms with Crippen LogP contribution in [0.3, 0.4) is 0 Å². The number of carbonyl (C=O) groups is 2. The maximum Gasteiger partial charge on any atom is 0.338 e. The van der Waals surface area contributed by atoms with E-state index in [2.05, 4.69) is 56.7 Å². The van der Waals surface area contributed by atoms with Gasteiger partial charge in [-0.05, 0) is 93.0 Å². The zero-order valence-electron chi connectivity index (χ0n) is 33.0. The number of hydrogen-bond acceptors (Lipinski definition) is 6. The van der Waals surface area contributed by atoms with Gasteiger partial charge in [-0.25, -0.2) is 9.78 Å². The van der Waals surface area contributed by atoms with Crippen LogP contribution in [-0.2, 0) is 20.9 Å². The number of hydrogen-bond donors (Lipinski definition) is 3. The molecule has 5 rings (SSSR count). The van der Waals surface area contributed by atoms with Crippen LogP contribution in [0.5, 0.6) is 0 Å². The van der Waals surface area contributed by atoms with Gasteiger partial charge in [0.25, 0.3) is 6.47 Å². The summed E-state index contributed by atoms with van der Waals surface area (Å²) in [6.45, 7) is 16.5. The molecule has 2 atom stereocenters. The van der Waals surface area contributed by atoms with E-state index < -0.39 is 5.97 Å². The average molecular weight is 725 g/mol. The smallest absolute Gasteiger partial charge is 0.338 e. The summed E-state index contributed by atoms with van der Waals surface area (Å²) in [5.41, 5.74) is 12.7. The number of carboxylic acids is 1. The monoisotopic (exact) mass is 724 g/mol. The number of nitrogens with one attached hydrogen (secondary N) is 2. The lowest BCUT2D eigenvalue weighted by Crippen LogP contribution is -2.08. The van der Waals surface area contributed by atoms with Crippen molar-refractivity contribution in [3.8, 4) is 0 Å². The molecule has 0 saturated carbocycles. The second-order valence-electron chi connectivity index (χ2n) is 15.0. The van der Waals surface area contributed by atoms with Gasteiger partial charge in [0.1, 0.15) is 0 Å². The predicted octanol–water partition coefficient (Wildman–Crippen LogP) is 11.2. The van der Waals surface area contributed by atoms with Crippen molar-refractivity contribution >= 4 is 45.7 Å². The van der Waals surface area contributed by atoms with Crippen molar-refractivity contribution in [1.29, 1.82) is 0 Å². The zero-order valence-corrected chi connectivity index (χ0v) is 33.0. The summed E-state index contributed by atoms with van der Waals surface area (Å²) in [7, 11) is 0. The molecule has 2 aliphatic heterocycles. The maximum atomic E-state index is 12.7. The Balaban J connectivity index is 1.57. The molecule has 0 unspecified atom stereocenters. The first-order valence-corrected chi connectivity index (χ1v) is 19.9. The van der Waals surface area contributed by atoms with Crippen molar-refractivity contribution in [2.75, 3.05) is 13.2 Å².